The number of aliphatic hydroxyl groups is 1. The lowest BCUT2D eigenvalue weighted by Gasteiger charge is -2.11. The molecule has 3 heteroatoms. The number of benzene rings is 1. The van der Waals surface area contributed by atoms with Gasteiger partial charge in [0.2, 0.25) is 0 Å². The molecule has 16 heavy (non-hydrogen) atoms. The fraction of sp³-hybridized carbons (Fsp3) is 0.308. The van der Waals surface area contributed by atoms with Gasteiger partial charge in [-0.15, -0.1) is 0 Å². The van der Waals surface area contributed by atoms with Gasteiger partial charge in [-0.2, -0.15) is 0 Å². The summed E-state index contributed by atoms with van der Waals surface area (Å²) in [6.45, 7) is 0.561. The first-order chi connectivity index (χ1) is 7.74. The molecule has 1 N–H and O–H groups in total. The summed E-state index contributed by atoms with van der Waals surface area (Å²) in [5.74, 6) is 0. The number of anilines is 1. The molecule has 0 unspecified atom stereocenters. The zero-order valence-electron chi connectivity index (χ0n) is 9.80. The highest BCUT2D eigenvalue weighted by molar-refractivity contribution is 5.78. The minimum absolute atomic E-state index is 0.0991. The van der Waals surface area contributed by atoms with E-state index in [9.17, 15) is 0 Å². The van der Waals surface area contributed by atoms with Gasteiger partial charge in [-0.1, -0.05) is 18.2 Å². The first-order valence-corrected chi connectivity index (χ1v) is 5.29. The van der Waals surface area contributed by atoms with Gasteiger partial charge in [-0.05, 0) is 23.8 Å². The SMILES string of the molecule is CN(C)c1ccc(C=CC=NCCO)cc1. The van der Waals surface area contributed by atoms with Gasteiger partial charge in [0.15, 0.2) is 0 Å². The molecule has 0 saturated heterocycles. The molecule has 0 heterocycles. The lowest BCUT2D eigenvalue weighted by atomic mass is 10.2. The molecule has 0 atom stereocenters. The molecule has 0 spiro atoms. The Bertz CT molecular complexity index is 353. The number of nitrogens with zero attached hydrogens (tertiary/aromatic N) is 2. The molecule has 0 aliphatic heterocycles. The van der Waals surface area contributed by atoms with Gasteiger partial charge < -0.3 is 10.0 Å². The molecule has 0 bridgehead atoms. The lowest BCUT2D eigenvalue weighted by molar-refractivity contribution is 0.307. The summed E-state index contributed by atoms with van der Waals surface area (Å²) < 4.78 is 0. The average Bonchev–Trinajstić information content (AvgIpc) is 2.29. The molecular weight excluding hydrogens is 200 g/mol. The predicted octanol–water partition coefficient (Wildman–Crippen LogP) is 1.83. The maximum atomic E-state index is 8.52. The van der Waals surface area contributed by atoms with E-state index in [2.05, 4.69) is 34.2 Å². The number of rotatable bonds is 5. The monoisotopic (exact) mass is 218 g/mol. The third-order valence-electron chi connectivity index (χ3n) is 2.12. The quantitative estimate of drug-likeness (QED) is 0.765. The van der Waals surface area contributed by atoms with Crippen LogP contribution >= 0.6 is 0 Å². The highest BCUT2D eigenvalue weighted by Crippen LogP contribution is 2.12. The smallest absolute Gasteiger partial charge is 0.0626 e. The highest BCUT2D eigenvalue weighted by Gasteiger charge is 1.92. The molecule has 0 aliphatic carbocycles. The molecule has 1 aromatic rings. The van der Waals surface area contributed by atoms with Crippen LogP contribution in [0, 0.1) is 0 Å². The Labute approximate surface area is 96.7 Å². The van der Waals surface area contributed by atoms with Crippen LogP contribution in [0.4, 0.5) is 5.69 Å². The van der Waals surface area contributed by atoms with Crippen LogP contribution in [0.3, 0.4) is 0 Å². The number of hydrogen-bond donors (Lipinski definition) is 1. The summed E-state index contributed by atoms with van der Waals surface area (Å²) in [4.78, 5) is 6.05. The van der Waals surface area contributed by atoms with Crippen molar-refractivity contribution in [2.75, 3.05) is 32.1 Å². The highest BCUT2D eigenvalue weighted by atomic mass is 16.3. The van der Waals surface area contributed by atoms with Crippen molar-refractivity contribution in [3.05, 3.63) is 35.9 Å². The first-order valence-electron chi connectivity index (χ1n) is 5.29. The summed E-state index contributed by atoms with van der Waals surface area (Å²) in [5.41, 5.74) is 2.33. The largest absolute Gasteiger partial charge is 0.394 e. The Kier molecular flexibility index (Phi) is 5.29. The lowest BCUT2D eigenvalue weighted by Crippen LogP contribution is -2.07. The molecular formula is C13H18N2O. The number of aliphatic imine (C=N–C) groups is 1. The van der Waals surface area contributed by atoms with E-state index in [0.29, 0.717) is 6.54 Å². The average molecular weight is 218 g/mol. The van der Waals surface area contributed by atoms with Crippen LogP contribution in [0.15, 0.2) is 35.3 Å². The van der Waals surface area contributed by atoms with Gasteiger partial charge in [0.1, 0.15) is 0 Å². The zero-order chi connectivity index (χ0) is 11.8. The van der Waals surface area contributed by atoms with Gasteiger partial charge in [-0.25, -0.2) is 0 Å². The van der Waals surface area contributed by atoms with Gasteiger partial charge in [-0.3, -0.25) is 4.99 Å². The van der Waals surface area contributed by atoms with E-state index in [-0.39, 0.29) is 6.61 Å². The van der Waals surface area contributed by atoms with E-state index in [0.717, 1.165) is 5.56 Å². The summed E-state index contributed by atoms with van der Waals surface area (Å²) in [5, 5.41) is 8.52. The minimum Gasteiger partial charge on any atom is -0.394 e. The topological polar surface area (TPSA) is 35.8 Å². The number of hydrogen-bond acceptors (Lipinski definition) is 3. The van der Waals surface area contributed by atoms with E-state index in [1.54, 1.807) is 6.21 Å². The van der Waals surface area contributed by atoms with Crippen molar-refractivity contribution in [2.24, 2.45) is 4.99 Å². The molecule has 0 radical (unpaired) electrons. The van der Waals surface area contributed by atoms with Crippen LogP contribution in [0.1, 0.15) is 5.56 Å². The molecule has 86 valence electrons. The number of aliphatic hydroxyl groups excluding tert-OH is 1. The van der Waals surface area contributed by atoms with Gasteiger partial charge in [0.05, 0.1) is 13.2 Å². The summed E-state index contributed by atoms with van der Waals surface area (Å²) in [6.07, 6.45) is 5.57. The summed E-state index contributed by atoms with van der Waals surface area (Å²) in [6, 6.07) is 8.27. The summed E-state index contributed by atoms with van der Waals surface area (Å²) in [7, 11) is 4.04. The van der Waals surface area contributed by atoms with Gasteiger partial charge in [0, 0.05) is 26.0 Å². The van der Waals surface area contributed by atoms with E-state index in [4.69, 9.17) is 5.11 Å². The Balaban J connectivity index is 2.55. The molecule has 0 aromatic heterocycles. The molecule has 0 fully saturated rings. The predicted molar refractivity (Wildman–Crippen MR) is 70.2 cm³/mol. The fourth-order valence-corrected chi connectivity index (χ4v) is 1.23. The second-order valence-corrected chi connectivity index (χ2v) is 3.62. The Hall–Kier alpha value is -1.61. The van der Waals surface area contributed by atoms with Crippen LogP contribution in [0.2, 0.25) is 0 Å². The van der Waals surface area contributed by atoms with Crippen LogP contribution < -0.4 is 4.90 Å². The fourth-order valence-electron chi connectivity index (χ4n) is 1.23. The molecule has 0 amide bonds. The van der Waals surface area contributed by atoms with Crippen molar-refractivity contribution < 1.29 is 5.11 Å². The number of allylic oxidation sites excluding steroid dienone is 1. The van der Waals surface area contributed by atoms with E-state index in [1.165, 1.54) is 5.69 Å². The second-order valence-electron chi connectivity index (χ2n) is 3.62. The molecule has 1 rings (SSSR count). The van der Waals surface area contributed by atoms with Crippen molar-refractivity contribution in [1.29, 1.82) is 0 Å². The first kappa shape index (κ1) is 12.5. The second kappa shape index (κ2) is 6.80. The Morgan fingerprint density at radius 1 is 1.25 bits per heavy atom. The van der Waals surface area contributed by atoms with Crippen molar-refractivity contribution in [3.63, 3.8) is 0 Å². The normalized spacial score (nSPS) is 11.4. The van der Waals surface area contributed by atoms with E-state index < -0.39 is 0 Å². The standard InChI is InChI=1S/C13H18N2O/c1-15(2)13-7-5-12(6-8-13)4-3-9-14-10-11-16/h3-9,16H,10-11H2,1-2H3. The van der Waals surface area contributed by atoms with E-state index >= 15 is 0 Å². The third-order valence-corrected chi connectivity index (χ3v) is 2.12. The van der Waals surface area contributed by atoms with E-state index in [1.807, 2.05) is 26.2 Å². The van der Waals surface area contributed by atoms with Gasteiger partial charge in [0.25, 0.3) is 0 Å². The molecule has 1 aromatic carbocycles. The maximum Gasteiger partial charge on any atom is 0.0626 e. The van der Waals surface area contributed by atoms with Crippen LogP contribution in [0.5, 0.6) is 0 Å². The Morgan fingerprint density at radius 2 is 1.94 bits per heavy atom. The molecule has 0 saturated carbocycles. The molecule has 3 nitrogen and oxygen atoms in total. The third kappa shape index (κ3) is 4.28. The molecule has 0 aliphatic rings. The summed E-state index contributed by atoms with van der Waals surface area (Å²) >= 11 is 0. The van der Waals surface area contributed by atoms with Crippen LogP contribution in [0.25, 0.3) is 6.08 Å². The van der Waals surface area contributed by atoms with Crippen molar-refractivity contribution >= 4 is 18.0 Å². The maximum absolute atomic E-state index is 8.52. The van der Waals surface area contributed by atoms with Crippen molar-refractivity contribution in [2.45, 2.75) is 0 Å². The zero-order valence-corrected chi connectivity index (χ0v) is 9.80. The van der Waals surface area contributed by atoms with Crippen molar-refractivity contribution in [3.8, 4) is 0 Å². The van der Waals surface area contributed by atoms with Crippen molar-refractivity contribution in [1.82, 2.24) is 0 Å². The minimum atomic E-state index is 0.0991. The Morgan fingerprint density at radius 3 is 2.50 bits per heavy atom. The van der Waals surface area contributed by atoms with Crippen LogP contribution in [-0.4, -0.2) is 38.6 Å². The van der Waals surface area contributed by atoms with Gasteiger partial charge >= 0.3 is 0 Å². The van der Waals surface area contributed by atoms with Crippen LogP contribution in [-0.2, 0) is 0 Å².